The summed E-state index contributed by atoms with van der Waals surface area (Å²) in [5.41, 5.74) is 12.1. The molecule has 1 aliphatic heterocycles. The fraction of sp³-hybridized carbons (Fsp3) is 0.484. The van der Waals surface area contributed by atoms with Crippen LogP contribution in [0.3, 0.4) is 0 Å². The average molecular weight is 1310 g/mol. The van der Waals surface area contributed by atoms with Gasteiger partial charge >= 0.3 is 11.5 Å². The van der Waals surface area contributed by atoms with Gasteiger partial charge in [-0.3, -0.25) is 14.9 Å². The number of aromatic nitrogens is 12. The van der Waals surface area contributed by atoms with E-state index in [1.54, 1.807) is 46.0 Å². The van der Waals surface area contributed by atoms with Gasteiger partial charge in [-0.25, -0.2) is 36.8 Å². The number of nitrogens with zero attached hydrogens (tertiary/aromatic N) is 15. The topological polar surface area (TPSA) is 316 Å². The van der Waals surface area contributed by atoms with Crippen molar-refractivity contribution >= 4 is 69.5 Å². The number of cyclic esters (lactones) is 1. The molecule has 8 aromatic rings. The van der Waals surface area contributed by atoms with E-state index in [2.05, 4.69) is 58.3 Å². The zero-order valence-corrected chi connectivity index (χ0v) is 53.0. The van der Waals surface area contributed by atoms with Gasteiger partial charge < -0.3 is 36.1 Å². The molecule has 15 rings (SSSR count). The van der Waals surface area contributed by atoms with E-state index in [-0.39, 0.29) is 60.4 Å². The first kappa shape index (κ1) is 65.8. The fourth-order valence-corrected chi connectivity index (χ4v) is 12.9. The Kier molecular flexibility index (Phi) is 19.0. The lowest BCUT2D eigenvalue weighted by atomic mass is 9.60. The van der Waals surface area contributed by atoms with Crippen molar-refractivity contribution in [1.82, 2.24) is 64.1 Å². The lowest BCUT2D eigenvalue weighted by molar-refractivity contribution is -0.0122. The molecule has 9 heterocycles. The van der Waals surface area contributed by atoms with Gasteiger partial charge in [0.2, 0.25) is 0 Å². The second-order valence-corrected chi connectivity index (χ2v) is 26.1. The molecule has 1 amide bonds. The third-order valence-corrected chi connectivity index (χ3v) is 18.6. The zero-order chi connectivity index (χ0) is 63.8. The summed E-state index contributed by atoms with van der Waals surface area (Å²) < 4.78 is 44.9. The molecule has 480 valence electrons. The Morgan fingerprint density at radius 1 is 0.714 bits per heavy atom. The number of nitriles is 2. The average Bonchev–Trinajstić information content (AvgIpc) is 1.81. The minimum Gasteiger partial charge on any atom is -0.452 e. The molecular weight excluding hydrogens is 1240 g/mol. The molecule has 91 heavy (non-hydrogen) atoms. The first-order valence-electron chi connectivity index (χ1n) is 29.9. The van der Waals surface area contributed by atoms with Crippen molar-refractivity contribution < 1.29 is 38.1 Å². The Balaban J connectivity index is 0.000000180. The summed E-state index contributed by atoms with van der Waals surface area (Å²) in [6, 6.07) is 19.5. The maximum atomic E-state index is 14.6. The van der Waals surface area contributed by atoms with Crippen LogP contribution in [0.25, 0.3) is 56.3 Å². The minimum atomic E-state index is -1.52. The molecule has 1 saturated heterocycles. The van der Waals surface area contributed by atoms with Crippen LogP contribution in [0.1, 0.15) is 116 Å². The highest BCUT2D eigenvalue weighted by atomic mass is 35.5. The van der Waals surface area contributed by atoms with Crippen LogP contribution in [0, 0.1) is 22.7 Å². The van der Waals surface area contributed by atoms with Crippen LogP contribution in [0.5, 0.6) is 0 Å². The van der Waals surface area contributed by atoms with Gasteiger partial charge in [0.1, 0.15) is 49.1 Å². The van der Waals surface area contributed by atoms with Crippen LogP contribution in [-0.2, 0) is 22.6 Å². The standard InChI is InChI=1S/C31H34FN9O3.C28H32FN9O.C3H4Cl2O2.ClH/c1-29(2,43)27(32)19-39-18-25(37-38-39)22-17-34-24(26-4-3-21-13-20(15-33)16-35-41(21)26)14-23(22)36-30-5-8-31(9-6-30,10-7-30)40-11-12-44-28(40)42;1-26(2,39)25(29)17-37-16-23(35-36-37)20-15-32-22(24-4-3-19-11-18(13-30)14-33-38(19)24)12-21(20)34-28-8-5-27(31,6-9-28)7-10-28;4-1-2-7-3(5)6;/h3-4,13-14,16-18,27,43H,5-12,19H2,1-2H3,(H,34,36);3-4,11-12,14-16,25,39H,5-10,17,31H2,1-2H3,(H,32,34);1-2H2;1H/t27-,30?,31?;25-,27?,28?;;/m11../s1. The lowest BCUT2D eigenvalue weighted by Gasteiger charge is -2.56. The van der Waals surface area contributed by atoms with Gasteiger partial charge in [-0.05, 0) is 153 Å². The molecule has 0 aromatic carbocycles. The van der Waals surface area contributed by atoms with Crippen LogP contribution in [0.2, 0.25) is 0 Å². The molecule has 7 fully saturated rings. The Morgan fingerprint density at radius 2 is 1.15 bits per heavy atom. The van der Waals surface area contributed by atoms with Crippen LogP contribution < -0.4 is 16.4 Å². The first-order valence-corrected chi connectivity index (χ1v) is 30.8. The number of carbonyl (C=O) groups is 2. The van der Waals surface area contributed by atoms with Crippen LogP contribution in [0.15, 0.2) is 85.7 Å². The maximum absolute atomic E-state index is 14.6. The summed E-state index contributed by atoms with van der Waals surface area (Å²) in [4.78, 5) is 33.6. The number of anilines is 2. The third-order valence-electron chi connectivity index (χ3n) is 18.4. The highest BCUT2D eigenvalue weighted by Gasteiger charge is 2.54. The number of nitrogens with two attached hydrogens (primary N) is 1. The Hall–Kier alpha value is -8.11. The van der Waals surface area contributed by atoms with Crippen molar-refractivity contribution in [3.63, 3.8) is 0 Å². The number of halogens is 5. The maximum Gasteiger partial charge on any atom is 0.410 e. The van der Waals surface area contributed by atoms with Crippen molar-refractivity contribution in [2.45, 2.75) is 164 Å². The van der Waals surface area contributed by atoms with Crippen molar-refractivity contribution in [3.05, 3.63) is 96.8 Å². The quantitative estimate of drug-likeness (QED) is 0.0418. The van der Waals surface area contributed by atoms with Crippen molar-refractivity contribution in [2.75, 3.05) is 36.3 Å². The van der Waals surface area contributed by atoms with E-state index in [9.17, 15) is 39.1 Å². The molecule has 6 aliphatic carbocycles. The number of ether oxygens (including phenoxy) is 2. The molecule has 7 aliphatic rings. The van der Waals surface area contributed by atoms with Gasteiger partial charge in [0.15, 0.2) is 0 Å². The van der Waals surface area contributed by atoms with Gasteiger partial charge in [0.25, 0.3) is 0 Å². The Morgan fingerprint density at radius 3 is 1.53 bits per heavy atom. The summed E-state index contributed by atoms with van der Waals surface area (Å²) in [5, 5.41) is 72.2. The summed E-state index contributed by atoms with van der Waals surface area (Å²) in [6.07, 6.45) is 17.9. The Bertz CT molecular complexity index is 4000. The van der Waals surface area contributed by atoms with E-state index in [1.807, 2.05) is 41.3 Å². The molecule has 4 bridgehead atoms. The molecule has 6 N–H and O–H groups in total. The van der Waals surface area contributed by atoms with Gasteiger partial charge in [-0.1, -0.05) is 10.4 Å². The third kappa shape index (κ3) is 14.2. The number of amides is 1. The predicted octanol–water partition coefficient (Wildman–Crippen LogP) is 10.2. The zero-order valence-electron chi connectivity index (χ0n) is 50.7. The number of rotatable bonds is 17. The monoisotopic (exact) mass is 1310 g/mol. The smallest absolute Gasteiger partial charge is 0.410 e. The van der Waals surface area contributed by atoms with Crippen LogP contribution in [0.4, 0.5) is 29.7 Å². The Labute approximate surface area is 539 Å². The van der Waals surface area contributed by atoms with Crippen molar-refractivity contribution in [3.8, 4) is 57.4 Å². The molecule has 0 radical (unpaired) electrons. The van der Waals surface area contributed by atoms with Gasteiger partial charge in [-0.15, -0.1) is 34.2 Å². The van der Waals surface area contributed by atoms with Gasteiger partial charge in [-0.2, -0.15) is 20.7 Å². The van der Waals surface area contributed by atoms with E-state index in [0.717, 1.165) is 122 Å². The van der Waals surface area contributed by atoms with Crippen LogP contribution in [-0.4, -0.2) is 157 Å². The molecular formula is C62H71Cl3F2N18O6. The number of carbonyl (C=O) groups excluding carboxylic acids is 2. The summed E-state index contributed by atoms with van der Waals surface area (Å²) in [5.74, 6) is 0.290. The highest BCUT2D eigenvalue weighted by Crippen LogP contribution is 2.53. The first-order chi connectivity index (χ1) is 42.9. The molecule has 8 aromatic heterocycles. The van der Waals surface area contributed by atoms with E-state index in [1.165, 1.54) is 49.5 Å². The number of hydrogen-bond acceptors (Lipinski definition) is 19. The number of nitrogens with one attached hydrogen (secondary N) is 2. The molecule has 29 heteroatoms. The van der Waals surface area contributed by atoms with E-state index in [0.29, 0.717) is 52.9 Å². The van der Waals surface area contributed by atoms with E-state index >= 15 is 0 Å². The number of fused-ring (bicyclic) bond motifs is 8. The van der Waals surface area contributed by atoms with Crippen molar-refractivity contribution in [1.29, 1.82) is 10.5 Å². The van der Waals surface area contributed by atoms with Gasteiger partial charge in [0, 0.05) is 68.7 Å². The SMILES string of the molecule is CC(C)(O)[C@H](F)Cn1cc(-c2cnc(-c3ccc4cc(C#N)cnn34)cc2NC23CCC(N)(CC2)CC3)nn1.CC(C)(O)[C@H](F)Cn1cc(-c2cnc(-c3ccc4cc(C#N)cnn34)cc2NC23CCC(N4CCOC4=O)(CC2)CC3)nn1.Cl.O=C(Cl)OCCCl. The second kappa shape index (κ2) is 26.2. The predicted molar refractivity (Wildman–Crippen MR) is 338 cm³/mol. The summed E-state index contributed by atoms with van der Waals surface area (Å²) >= 11 is 9.85. The molecule has 6 saturated carbocycles. The number of alkyl halides is 3. The molecule has 2 atom stereocenters. The van der Waals surface area contributed by atoms with Crippen molar-refractivity contribution in [2.24, 2.45) is 5.73 Å². The van der Waals surface area contributed by atoms with Gasteiger partial charge in [0.05, 0.1) is 106 Å². The van der Waals surface area contributed by atoms with E-state index < -0.39 is 29.0 Å². The summed E-state index contributed by atoms with van der Waals surface area (Å²) in [7, 11) is 0. The highest BCUT2D eigenvalue weighted by molar-refractivity contribution is 6.61. The van der Waals surface area contributed by atoms with E-state index in [4.69, 9.17) is 43.6 Å². The number of aliphatic hydroxyl groups is 2. The van der Waals surface area contributed by atoms with Crippen LogP contribution >= 0.6 is 35.6 Å². The second-order valence-electron chi connectivity index (χ2n) is 25.4. The summed E-state index contributed by atoms with van der Waals surface area (Å²) in [6.45, 7) is 6.76. The largest absolute Gasteiger partial charge is 0.452 e. The lowest BCUT2D eigenvalue weighted by Crippen LogP contribution is -2.61. The molecule has 0 spiro atoms. The minimum absolute atomic E-state index is 0. The number of hydrogen-bond donors (Lipinski definition) is 5. The molecule has 24 nitrogen and oxygen atoms in total. The molecule has 0 unspecified atom stereocenters. The number of pyridine rings is 2. The normalized spacial score (nSPS) is 22.3. The fourth-order valence-electron chi connectivity index (χ4n) is 12.8.